The van der Waals surface area contributed by atoms with Crippen LogP contribution in [0.3, 0.4) is 0 Å². The summed E-state index contributed by atoms with van der Waals surface area (Å²) in [6.45, 7) is 2.28. The van der Waals surface area contributed by atoms with Crippen LogP contribution in [0.1, 0.15) is 180 Å². The van der Waals surface area contributed by atoms with Crippen LogP contribution in [0.2, 0.25) is 0 Å². The van der Waals surface area contributed by atoms with Crippen molar-refractivity contribution in [3.8, 4) is 0 Å². The zero-order chi connectivity index (χ0) is 24.2. The number of carboxylic acids is 1. The lowest BCUT2D eigenvalue weighted by atomic mass is 10.0. The molecule has 0 aliphatic carbocycles. The zero-order valence-corrected chi connectivity index (χ0v) is 22.4. The molecule has 1 N–H and O–H groups in total. The molecule has 0 bridgehead atoms. The molecule has 0 rings (SSSR count). The van der Waals surface area contributed by atoms with Gasteiger partial charge in [-0.05, 0) is 19.3 Å². The first-order chi connectivity index (χ1) is 16.2. The van der Waals surface area contributed by atoms with Gasteiger partial charge in [0.2, 0.25) is 0 Å². The van der Waals surface area contributed by atoms with Crippen LogP contribution in [0, 0.1) is 0 Å². The first-order valence-corrected chi connectivity index (χ1v) is 14.9. The van der Waals surface area contributed by atoms with Crippen molar-refractivity contribution in [3.05, 3.63) is 0 Å². The summed E-state index contributed by atoms with van der Waals surface area (Å²) >= 11 is 0. The van der Waals surface area contributed by atoms with Gasteiger partial charge in [-0.1, -0.05) is 142 Å². The van der Waals surface area contributed by atoms with E-state index in [0.717, 1.165) is 51.4 Å². The van der Waals surface area contributed by atoms with E-state index in [1.165, 1.54) is 116 Å². The highest BCUT2D eigenvalue weighted by atomic mass is 16.4. The van der Waals surface area contributed by atoms with Gasteiger partial charge in [0.05, 0.1) is 0 Å². The van der Waals surface area contributed by atoms with Crippen LogP contribution in [-0.2, 0) is 9.59 Å². The van der Waals surface area contributed by atoms with Crippen molar-refractivity contribution < 1.29 is 14.7 Å². The van der Waals surface area contributed by atoms with Gasteiger partial charge < -0.3 is 5.11 Å². The Morgan fingerprint density at radius 3 is 0.909 bits per heavy atom. The molecule has 0 fully saturated rings. The third kappa shape index (κ3) is 29.1. The molecule has 0 heterocycles. The number of aliphatic carboxylic acids is 1. The molecule has 0 aromatic carbocycles. The monoisotopic (exact) mass is 466 g/mol. The summed E-state index contributed by atoms with van der Waals surface area (Å²) in [5.74, 6) is -0.231. The standard InChI is InChI=1S/C30H58O3/c1-2-3-4-5-6-7-8-9-10-11-12-13-14-15-17-20-23-26-29(31)27-24-21-18-16-19-22-25-28-30(32)33/h2-28H2,1H3,(H,32,33). The highest BCUT2D eigenvalue weighted by Gasteiger charge is 2.02. The summed E-state index contributed by atoms with van der Waals surface area (Å²) in [7, 11) is 0. The second-order valence-corrected chi connectivity index (χ2v) is 10.3. The molecule has 0 spiro atoms. The highest BCUT2D eigenvalue weighted by molar-refractivity contribution is 5.78. The van der Waals surface area contributed by atoms with E-state index in [9.17, 15) is 9.59 Å². The molecule has 3 nitrogen and oxygen atoms in total. The Hall–Kier alpha value is -0.860. The smallest absolute Gasteiger partial charge is 0.303 e. The van der Waals surface area contributed by atoms with E-state index in [2.05, 4.69) is 6.92 Å². The summed E-state index contributed by atoms with van der Waals surface area (Å²) in [6, 6.07) is 0. The molecular formula is C30H58O3. The van der Waals surface area contributed by atoms with Gasteiger partial charge >= 0.3 is 5.97 Å². The van der Waals surface area contributed by atoms with Crippen molar-refractivity contribution in [1.29, 1.82) is 0 Å². The van der Waals surface area contributed by atoms with Gasteiger partial charge in [0.1, 0.15) is 5.78 Å². The average Bonchev–Trinajstić information content (AvgIpc) is 2.79. The van der Waals surface area contributed by atoms with Gasteiger partial charge in [0, 0.05) is 19.3 Å². The van der Waals surface area contributed by atoms with Crippen molar-refractivity contribution in [1.82, 2.24) is 0 Å². The number of hydrogen-bond donors (Lipinski definition) is 1. The van der Waals surface area contributed by atoms with E-state index in [1.54, 1.807) is 0 Å². The maximum atomic E-state index is 12.0. The van der Waals surface area contributed by atoms with Crippen LogP contribution in [0.15, 0.2) is 0 Å². The Morgan fingerprint density at radius 2 is 0.636 bits per heavy atom. The summed E-state index contributed by atoms with van der Waals surface area (Å²) in [5.41, 5.74) is 0. The Balaban J connectivity index is 3.15. The number of unbranched alkanes of at least 4 members (excludes halogenated alkanes) is 22. The van der Waals surface area contributed by atoms with Crippen LogP contribution in [0.4, 0.5) is 0 Å². The third-order valence-electron chi connectivity index (χ3n) is 6.91. The van der Waals surface area contributed by atoms with Gasteiger partial charge in [0.15, 0.2) is 0 Å². The van der Waals surface area contributed by atoms with Crippen molar-refractivity contribution >= 4 is 11.8 Å². The maximum Gasteiger partial charge on any atom is 0.303 e. The lowest BCUT2D eigenvalue weighted by molar-refractivity contribution is -0.137. The van der Waals surface area contributed by atoms with E-state index in [1.807, 2.05) is 0 Å². The van der Waals surface area contributed by atoms with Gasteiger partial charge in [-0.15, -0.1) is 0 Å². The minimum atomic E-state index is -0.687. The molecule has 0 aromatic rings. The molecule has 0 aliphatic heterocycles. The second kappa shape index (κ2) is 27.4. The van der Waals surface area contributed by atoms with Crippen LogP contribution in [-0.4, -0.2) is 16.9 Å². The summed E-state index contributed by atoms with van der Waals surface area (Å²) in [5, 5.41) is 8.60. The lowest BCUT2D eigenvalue weighted by Gasteiger charge is -2.04. The first-order valence-electron chi connectivity index (χ1n) is 14.9. The van der Waals surface area contributed by atoms with E-state index < -0.39 is 5.97 Å². The highest BCUT2D eigenvalue weighted by Crippen LogP contribution is 2.15. The molecule has 3 heteroatoms. The zero-order valence-electron chi connectivity index (χ0n) is 22.4. The number of Topliss-reactive ketones (excluding diaryl/α,β-unsaturated/α-hetero) is 1. The fraction of sp³-hybridized carbons (Fsp3) is 0.933. The van der Waals surface area contributed by atoms with Gasteiger partial charge in [-0.3, -0.25) is 9.59 Å². The number of ketones is 1. The molecule has 0 aromatic heterocycles. The average molecular weight is 467 g/mol. The van der Waals surface area contributed by atoms with E-state index in [4.69, 9.17) is 5.11 Å². The van der Waals surface area contributed by atoms with Crippen LogP contribution >= 0.6 is 0 Å². The minimum Gasteiger partial charge on any atom is -0.481 e. The predicted molar refractivity (Wildman–Crippen MR) is 143 cm³/mol. The molecule has 0 radical (unpaired) electrons. The molecule has 0 saturated heterocycles. The van der Waals surface area contributed by atoms with Gasteiger partial charge in [0.25, 0.3) is 0 Å². The van der Waals surface area contributed by atoms with Gasteiger partial charge in [-0.25, -0.2) is 0 Å². The normalized spacial score (nSPS) is 11.2. The topological polar surface area (TPSA) is 54.4 Å². The molecule has 0 unspecified atom stereocenters. The number of carboxylic acid groups (broad SMARTS) is 1. The second-order valence-electron chi connectivity index (χ2n) is 10.3. The quantitative estimate of drug-likeness (QED) is 0.117. The fourth-order valence-corrected chi connectivity index (χ4v) is 4.65. The first kappa shape index (κ1) is 32.1. The van der Waals surface area contributed by atoms with Crippen LogP contribution in [0.25, 0.3) is 0 Å². The molecule has 196 valence electrons. The van der Waals surface area contributed by atoms with Gasteiger partial charge in [-0.2, -0.15) is 0 Å². The molecular weight excluding hydrogens is 408 g/mol. The summed E-state index contributed by atoms with van der Waals surface area (Å²) in [6.07, 6.45) is 32.8. The maximum absolute atomic E-state index is 12.0. The van der Waals surface area contributed by atoms with Crippen molar-refractivity contribution in [2.24, 2.45) is 0 Å². The number of carbonyl (C=O) groups excluding carboxylic acids is 1. The SMILES string of the molecule is CCCCCCCCCCCCCCCCCCCC(=O)CCCCCCCCCC(=O)O. The number of hydrogen-bond acceptors (Lipinski definition) is 2. The third-order valence-corrected chi connectivity index (χ3v) is 6.91. The molecule has 0 atom stereocenters. The largest absolute Gasteiger partial charge is 0.481 e. The van der Waals surface area contributed by atoms with Crippen molar-refractivity contribution in [2.75, 3.05) is 0 Å². The number of rotatable bonds is 28. The van der Waals surface area contributed by atoms with E-state index in [-0.39, 0.29) is 0 Å². The van der Waals surface area contributed by atoms with Crippen molar-refractivity contribution in [3.63, 3.8) is 0 Å². The Kier molecular flexibility index (Phi) is 26.7. The predicted octanol–water partition coefficient (Wildman–Crippen LogP) is 10.2. The molecule has 0 saturated carbocycles. The molecule has 0 amide bonds. The van der Waals surface area contributed by atoms with E-state index >= 15 is 0 Å². The number of carbonyl (C=O) groups is 2. The summed E-state index contributed by atoms with van der Waals surface area (Å²) in [4.78, 5) is 22.4. The Labute approximate surface area is 206 Å². The van der Waals surface area contributed by atoms with Crippen LogP contribution < -0.4 is 0 Å². The van der Waals surface area contributed by atoms with Crippen LogP contribution in [0.5, 0.6) is 0 Å². The van der Waals surface area contributed by atoms with Crippen molar-refractivity contribution in [2.45, 2.75) is 180 Å². The summed E-state index contributed by atoms with van der Waals surface area (Å²) < 4.78 is 0. The fourth-order valence-electron chi connectivity index (χ4n) is 4.65. The molecule has 0 aliphatic rings. The Morgan fingerprint density at radius 1 is 0.394 bits per heavy atom. The Bertz CT molecular complexity index is 419. The minimum absolute atomic E-state index is 0.300. The van der Waals surface area contributed by atoms with E-state index in [0.29, 0.717) is 12.2 Å². The lowest BCUT2D eigenvalue weighted by Crippen LogP contribution is -1.97. The molecule has 33 heavy (non-hydrogen) atoms.